The number of anilines is 1. The van der Waals surface area contributed by atoms with Crippen molar-refractivity contribution in [2.24, 2.45) is 0 Å². The van der Waals surface area contributed by atoms with Gasteiger partial charge in [0.05, 0.1) is 0 Å². The molecule has 5 nitrogen and oxygen atoms in total. The molecule has 1 aliphatic rings. The molecule has 3 aromatic rings. The zero-order chi connectivity index (χ0) is 16.5. The van der Waals surface area contributed by atoms with Gasteiger partial charge in [-0.25, -0.2) is 28.7 Å². The number of hydrogen-bond donors (Lipinski definition) is 0. The van der Waals surface area contributed by atoms with Gasteiger partial charge in [0.1, 0.15) is 5.82 Å². The number of nitrogens with zero attached hydrogens (tertiary/aromatic N) is 5. The lowest BCUT2D eigenvalue weighted by molar-refractivity contribution is 0.491. The average Bonchev–Trinajstić information content (AvgIpc) is 2.65. The summed E-state index contributed by atoms with van der Waals surface area (Å²) in [5.74, 6) is 0.0536. The van der Waals surface area contributed by atoms with Crippen LogP contribution in [0.2, 0.25) is 0 Å². The third kappa shape index (κ3) is 2.58. The Morgan fingerprint density at radius 1 is 0.917 bits per heavy atom. The Morgan fingerprint density at radius 2 is 1.71 bits per heavy atom. The summed E-state index contributed by atoms with van der Waals surface area (Å²) in [6, 6.07) is 6.31. The van der Waals surface area contributed by atoms with Gasteiger partial charge in [-0.15, -0.1) is 0 Å². The second kappa shape index (κ2) is 5.92. The third-order valence-electron chi connectivity index (χ3n) is 4.02. The van der Waals surface area contributed by atoms with Gasteiger partial charge < -0.3 is 4.90 Å². The number of fused-ring (bicyclic) bond motifs is 1. The molecule has 0 bridgehead atoms. The summed E-state index contributed by atoms with van der Waals surface area (Å²) in [4.78, 5) is 19.0. The van der Waals surface area contributed by atoms with Crippen LogP contribution in [-0.2, 0) is 13.0 Å². The molecule has 4 rings (SSSR count). The number of benzene rings is 1. The third-order valence-corrected chi connectivity index (χ3v) is 4.02. The van der Waals surface area contributed by atoms with Gasteiger partial charge in [0.15, 0.2) is 23.3 Å². The summed E-state index contributed by atoms with van der Waals surface area (Å²) >= 11 is 0. The summed E-state index contributed by atoms with van der Waals surface area (Å²) in [6.45, 7) is 1.03. The van der Waals surface area contributed by atoms with E-state index < -0.39 is 11.6 Å². The molecular formula is C17H13F2N5. The van der Waals surface area contributed by atoms with E-state index in [-0.39, 0.29) is 0 Å². The van der Waals surface area contributed by atoms with Crippen molar-refractivity contribution in [1.82, 2.24) is 19.9 Å². The maximum absolute atomic E-state index is 13.9. The first-order chi connectivity index (χ1) is 11.7. The first-order valence-corrected chi connectivity index (χ1v) is 7.53. The number of aromatic nitrogens is 4. The predicted octanol–water partition coefficient (Wildman–Crippen LogP) is 2.77. The SMILES string of the molecule is Fc1ccc2c(c1F)CCN(c1ccnc(-c3ncccn3)n1)C2. The highest BCUT2D eigenvalue weighted by atomic mass is 19.2. The van der Waals surface area contributed by atoms with Crippen LogP contribution in [0, 0.1) is 11.6 Å². The van der Waals surface area contributed by atoms with Crippen LogP contribution >= 0.6 is 0 Å². The second-order valence-electron chi connectivity index (χ2n) is 5.48. The van der Waals surface area contributed by atoms with Gasteiger partial charge in [0.2, 0.25) is 0 Å². The van der Waals surface area contributed by atoms with Crippen LogP contribution in [0.5, 0.6) is 0 Å². The summed E-state index contributed by atoms with van der Waals surface area (Å²) in [5, 5.41) is 0. The number of hydrogen-bond acceptors (Lipinski definition) is 5. The molecule has 0 atom stereocenters. The van der Waals surface area contributed by atoms with E-state index in [1.807, 2.05) is 4.90 Å². The topological polar surface area (TPSA) is 54.8 Å². The lowest BCUT2D eigenvalue weighted by atomic mass is 9.99. The zero-order valence-electron chi connectivity index (χ0n) is 12.7. The van der Waals surface area contributed by atoms with Crippen LogP contribution in [0.15, 0.2) is 42.9 Å². The van der Waals surface area contributed by atoms with Crippen molar-refractivity contribution in [2.75, 3.05) is 11.4 Å². The highest BCUT2D eigenvalue weighted by molar-refractivity contribution is 5.50. The van der Waals surface area contributed by atoms with Crippen molar-refractivity contribution in [3.63, 3.8) is 0 Å². The maximum atomic E-state index is 13.9. The summed E-state index contributed by atoms with van der Waals surface area (Å²) in [7, 11) is 0. The van der Waals surface area contributed by atoms with Gasteiger partial charge in [-0.2, -0.15) is 0 Å². The van der Waals surface area contributed by atoms with Crippen molar-refractivity contribution < 1.29 is 8.78 Å². The van der Waals surface area contributed by atoms with Crippen LogP contribution < -0.4 is 4.90 Å². The second-order valence-corrected chi connectivity index (χ2v) is 5.48. The minimum Gasteiger partial charge on any atom is -0.352 e. The molecule has 0 amide bonds. The van der Waals surface area contributed by atoms with Crippen LogP contribution in [0.4, 0.5) is 14.6 Å². The van der Waals surface area contributed by atoms with Gasteiger partial charge in [-0.1, -0.05) is 6.07 Å². The summed E-state index contributed by atoms with van der Waals surface area (Å²) in [6.07, 6.45) is 5.34. The Kier molecular flexibility index (Phi) is 3.60. The van der Waals surface area contributed by atoms with E-state index in [0.29, 0.717) is 42.5 Å². The molecule has 2 aromatic heterocycles. The summed E-state index contributed by atoms with van der Waals surface area (Å²) in [5.41, 5.74) is 1.23. The first-order valence-electron chi connectivity index (χ1n) is 7.53. The smallest absolute Gasteiger partial charge is 0.199 e. The minimum atomic E-state index is -0.798. The molecule has 3 heterocycles. The maximum Gasteiger partial charge on any atom is 0.199 e. The van der Waals surface area contributed by atoms with Gasteiger partial charge >= 0.3 is 0 Å². The average molecular weight is 325 g/mol. The van der Waals surface area contributed by atoms with E-state index >= 15 is 0 Å². The predicted molar refractivity (Wildman–Crippen MR) is 84.2 cm³/mol. The number of rotatable bonds is 2. The number of halogens is 2. The molecule has 0 saturated heterocycles. The van der Waals surface area contributed by atoms with E-state index in [9.17, 15) is 8.78 Å². The van der Waals surface area contributed by atoms with Gasteiger partial charge in [0.25, 0.3) is 0 Å². The zero-order valence-corrected chi connectivity index (χ0v) is 12.7. The quantitative estimate of drug-likeness (QED) is 0.725. The molecule has 0 fully saturated rings. The van der Waals surface area contributed by atoms with Gasteiger partial charge in [-0.05, 0) is 35.7 Å². The van der Waals surface area contributed by atoms with E-state index in [4.69, 9.17) is 0 Å². The van der Waals surface area contributed by atoms with Crippen LogP contribution in [0.3, 0.4) is 0 Å². The fourth-order valence-corrected chi connectivity index (χ4v) is 2.83. The van der Waals surface area contributed by atoms with E-state index in [1.54, 1.807) is 36.8 Å². The normalized spacial score (nSPS) is 13.7. The molecule has 0 N–H and O–H groups in total. The Hall–Kier alpha value is -2.96. The van der Waals surface area contributed by atoms with Gasteiger partial charge in [0, 0.05) is 31.7 Å². The van der Waals surface area contributed by atoms with E-state index in [1.165, 1.54) is 6.07 Å². The lowest BCUT2D eigenvalue weighted by Crippen LogP contribution is -2.32. The van der Waals surface area contributed by atoms with Crippen molar-refractivity contribution in [3.8, 4) is 11.6 Å². The summed E-state index contributed by atoms with van der Waals surface area (Å²) < 4.78 is 27.2. The van der Waals surface area contributed by atoms with E-state index in [2.05, 4.69) is 19.9 Å². The monoisotopic (exact) mass is 325 g/mol. The molecule has 0 aliphatic carbocycles. The highest BCUT2D eigenvalue weighted by Crippen LogP contribution is 2.26. The van der Waals surface area contributed by atoms with Crippen LogP contribution in [0.1, 0.15) is 11.1 Å². The lowest BCUT2D eigenvalue weighted by Gasteiger charge is -2.30. The molecule has 0 spiro atoms. The molecule has 0 radical (unpaired) electrons. The molecule has 1 aliphatic heterocycles. The fourth-order valence-electron chi connectivity index (χ4n) is 2.83. The fraction of sp³-hybridized carbons (Fsp3) is 0.176. The minimum absolute atomic E-state index is 0.431. The Bertz CT molecular complexity index is 885. The molecular weight excluding hydrogens is 312 g/mol. The Labute approximate surface area is 137 Å². The van der Waals surface area contributed by atoms with Crippen molar-refractivity contribution in [2.45, 2.75) is 13.0 Å². The largest absolute Gasteiger partial charge is 0.352 e. The standard InChI is InChI=1S/C17H13F2N5/c18-13-3-2-11-10-24(9-5-12(11)15(13)19)14-4-8-22-17(23-14)16-20-6-1-7-21-16/h1-4,6-8H,5,9-10H2. The van der Waals surface area contributed by atoms with Crippen LogP contribution in [-0.4, -0.2) is 26.5 Å². The molecule has 7 heteroatoms. The Morgan fingerprint density at radius 3 is 2.54 bits per heavy atom. The molecule has 120 valence electrons. The van der Waals surface area contributed by atoms with Gasteiger partial charge in [-0.3, -0.25) is 0 Å². The molecule has 0 unspecified atom stereocenters. The van der Waals surface area contributed by atoms with E-state index in [0.717, 1.165) is 5.56 Å². The van der Waals surface area contributed by atoms with Crippen LogP contribution in [0.25, 0.3) is 11.6 Å². The molecule has 0 saturated carbocycles. The first kappa shape index (κ1) is 14.6. The molecule has 1 aromatic carbocycles. The van der Waals surface area contributed by atoms with Crippen molar-refractivity contribution in [3.05, 3.63) is 65.6 Å². The molecule has 24 heavy (non-hydrogen) atoms. The Balaban J connectivity index is 1.65. The highest BCUT2D eigenvalue weighted by Gasteiger charge is 2.22. The van der Waals surface area contributed by atoms with Crippen molar-refractivity contribution >= 4 is 5.82 Å². The van der Waals surface area contributed by atoms with Crippen molar-refractivity contribution in [1.29, 1.82) is 0 Å².